The van der Waals surface area contributed by atoms with E-state index in [0.29, 0.717) is 29.2 Å². The van der Waals surface area contributed by atoms with Crippen LogP contribution < -0.4 is 4.90 Å². The summed E-state index contributed by atoms with van der Waals surface area (Å²) in [4.78, 5) is 26.9. The molecule has 2 aromatic rings. The molecule has 15 heteroatoms. The molecule has 1 N–H and O–H groups in total. The van der Waals surface area contributed by atoms with Crippen LogP contribution >= 0.6 is 0 Å². The zero-order valence-electron chi connectivity index (χ0n) is 18.8. The van der Waals surface area contributed by atoms with Gasteiger partial charge in [-0.3, -0.25) is 4.79 Å². The lowest BCUT2D eigenvalue weighted by Gasteiger charge is -2.42. The van der Waals surface area contributed by atoms with Crippen LogP contribution in [0.2, 0.25) is 0 Å². The zero-order chi connectivity index (χ0) is 27.9. The van der Waals surface area contributed by atoms with Gasteiger partial charge in [0.05, 0.1) is 17.7 Å². The van der Waals surface area contributed by atoms with E-state index in [2.05, 4.69) is 0 Å². The van der Waals surface area contributed by atoms with Gasteiger partial charge in [-0.15, -0.1) is 0 Å². The lowest BCUT2D eigenvalue weighted by atomic mass is 10.0. The van der Waals surface area contributed by atoms with E-state index < -0.39 is 89.9 Å². The van der Waals surface area contributed by atoms with Crippen LogP contribution in [-0.2, 0) is 23.7 Å². The molecule has 3 rings (SSSR count). The molecule has 1 heterocycles. The molecule has 0 saturated carbocycles. The molecule has 1 saturated heterocycles. The maximum Gasteiger partial charge on any atom is 0.416 e. The first-order valence-electron chi connectivity index (χ1n) is 10.4. The SMILES string of the molecule is CN(Cc1cc(C(F)(F)F)cc(C(F)(F)F)c1)C(=O)C1CN(C(=O)O)CCN1c1c(F)cc(F)cc1F. The average Bonchev–Trinajstić information content (AvgIpc) is 2.76. The topological polar surface area (TPSA) is 64.1 Å². The van der Waals surface area contributed by atoms with Crippen molar-refractivity contribution in [3.63, 3.8) is 0 Å². The van der Waals surface area contributed by atoms with Gasteiger partial charge in [-0.2, -0.15) is 26.3 Å². The molecule has 1 aliphatic heterocycles. The molecule has 0 bridgehead atoms. The predicted molar refractivity (Wildman–Crippen MR) is 110 cm³/mol. The summed E-state index contributed by atoms with van der Waals surface area (Å²) in [6.07, 6.45) is -11.7. The van der Waals surface area contributed by atoms with E-state index in [1.54, 1.807) is 0 Å². The van der Waals surface area contributed by atoms with Gasteiger partial charge >= 0.3 is 18.4 Å². The van der Waals surface area contributed by atoms with Crippen LogP contribution in [0.15, 0.2) is 30.3 Å². The Morgan fingerprint density at radius 1 is 0.919 bits per heavy atom. The summed E-state index contributed by atoms with van der Waals surface area (Å²) >= 11 is 0. The molecule has 1 atom stereocenters. The van der Waals surface area contributed by atoms with Crippen molar-refractivity contribution < 1.29 is 54.2 Å². The summed E-state index contributed by atoms with van der Waals surface area (Å²) in [7, 11) is 1.02. The molecule has 37 heavy (non-hydrogen) atoms. The minimum atomic E-state index is -5.13. The Kier molecular flexibility index (Phi) is 7.56. The van der Waals surface area contributed by atoms with Crippen LogP contribution in [0.1, 0.15) is 16.7 Å². The van der Waals surface area contributed by atoms with Gasteiger partial charge in [0, 0.05) is 38.8 Å². The first-order valence-corrected chi connectivity index (χ1v) is 10.4. The summed E-state index contributed by atoms with van der Waals surface area (Å²) in [6, 6.07) is -0.194. The van der Waals surface area contributed by atoms with Gasteiger partial charge in [0.2, 0.25) is 5.91 Å². The Morgan fingerprint density at radius 3 is 1.89 bits per heavy atom. The first kappa shape index (κ1) is 27.9. The van der Waals surface area contributed by atoms with E-state index in [4.69, 9.17) is 0 Å². The Hall–Kier alpha value is -3.65. The highest BCUT2D eigenvalue weighted by atomic mass is 19.4. The number of carboxylic acid groups (broad SMARTS) is 1. The number of hydrogen-bond acceptors (Lipinski definition) is 3. The Balaban J connectivity index is 1.97. The molecule has 202 valence electrons. The van der Waals surface area contributed by atoms with Crippen molar-refractivity contribution in [3.05, 3.63) is 64.5 Å². The summed E-state index contributed by atoms with van der Waals surface area (Å²) in [5, 5.41) is 9.30. The van der Waals surface area contributed by atoms with Crippen LogP contribution in [0.3, 0.4) is 0 Å². The van der Waals surface area contributed by atoms with E-state index in [9.17, 15) is 54.2 Å². The highest BCUT2D eigenvalue weighted by molar-refractivity contribution is 5.86. The van der Waals surface area contributed by atoms with Crippen LogP contribution in [0.25, 0.3) is 0 Å². The normalized spacial score (nSPS) is 16.6. The number of rotatable bonds is 4. The number of carbonyl (C=O) groups is 2. The minimum Gasteiger partial charge on any atom is -0.465 e. The van der Waals surface area contributed by atoms with Crippen molar-refractivity contribution in [3.8, 4) is 0 Å². The van der Waals surface area contributed by atoms with Crippen LogP contribution in [0, 0.1) is 17.5 Å². The number of nitrogens with zero attached hydrogens (tertiary/aromatic N) is 3. The second-order valence-corrected chi connectivity index (χ2v) is 8.26. The van der Waals surface area contributed by atoms with Crippen molar-refractivity contribution in [2.45, 2.75) is 24.9 Å². The molecule has 0 aliphatic carbocycles. The third-order valence-corrected chi connectivity index (χ3v) is 5.65. The van der Waals surface area contributed by atoms with Gasteiger partial charge in [0.15, 0.2) is 11.6 Å². The van der Waals surface area contributed by atoms with E-state index in [0.717, 1.165) is 16.8 Å². The quantitative estimate of drug-likeness (QED) is 0.554. The van der Waals surface area contributed by atoms with E-state index >= 15 is 0 Å². The fourth-order valence-corrected chi connectivity index (χ4v) is 3.96. The predicted octanol–water partition coefficient (Wildman–Crippen LogP) is 4.97. The number of alkyl halides is 6. The highest BCUT2D eigenvalue weighted by Gasteiger charge is 2.40. The monoisotopic (exact) mass is 543 g/mol. The molecular weight excluding hydrogens is 525 g/mol. The van der Waals surface area contributed by atoms with E-state index in [-0.39, 0.29) is 12.6 Å². The lowest BCUT2D eigenvalue weighted by molar-refractivity contribution is -0.143. The number of anilines is 1. The average molecular weight is 543 g/mol. The third kappa shape index (κ3) is 6.20. The molecule has 6 nitrogen and oxygen atoms in total. The van der Waals surface area contributed by atoms with Gasteiger partial charge in [0.25, 0.3) is 0 Å². The number of piperazine rings is 1. The smallest absolute Gasteiger partial charge is 0.416 e. The molecule has 1 aliphatic rings. The maximum absolute atomic E-state index is 14.5. The van der Waals surface area contributed by atoms with E-state index in [1.165, 1.54) is 0 Å². The Bertz CT molecular complexity index is 1140. The standard InChI is InChI=1S/C22H18F9N3O3/c1-32(9-11-4-12(21(26,27)28)6-13(5-11)22(29,30)31)19(35)17-10-33(20(36)37)2-3-34(17)18-15(24)7-14(23)8-16(18)25/h4-8,17H,2-3,9-10H2,1H3,(H,36,37). The first-order chi connectivity index (χ1) is 17.0. The lowest BCUT2D eigenvalue weighted by Crippen LogP contribution is -2.60. The van der Waals surface area contributed by atoms with Crippen molar-refractivity contribution in [1.29, 1.82) is 0 Å². The molecule has 2 amide bonds. The Morgan fingerprint density at radius 2 is 1.43 bits per heavy atom. The molecule has 0 radical (unpaired) electrons. The molecule has 1 fully saturated rings. The van der Waals surface area contributed by atoms with Gasteiger partial charge in [-0.1, -0.05) is 0 Å². The molecular formula is C22H18F9N3O3. The third-order valence-electron chi connectivity index (χ3n) is 5.65. The van der Waals surface area contributed by atoms with Crippen molar-refractivity contribution in [2.75, 3.05) is 31.6 Å². The summed E-state index contributed by atoms with van der Waals surface area (Å²) in [5.41, 5.74) is -4.60. The fourth-order valence-electron chi connectivity index (χ4n) is 3.96. The molecule has 0 spiro atoms. The van der Waals surface area contributed by atoms with Crippen LogP contribution in [-0.4, -0.2) is 59.6 Å². The van der Waals surface area contributed by atoms with Gasteiger partial charge < -0.3 is 19.8 Å². The second kappa shape index (κ2) is 10.0. The summed E-state index contributed by atoms with van der Waals surface area (Å²) < 4.78 is 121. The summed E-state index contributed by atoms with van der Waals surface area (Å²) in [6.45, 7) is -2.14. The largest absolute Gasteiger partial charge is 0.465 e. The van der Waals surface area contributed by atoms with Crippen molar-refractivity contribution >= 4 is 17.7 Å². The fraction of sp³-hybridized carbons (Fsp3) is 0.364. The van der Waals surface area contributed by atoms with Crippen LogP contribution in [0.4, 0.5) is 50.0 Å². The Labute approximate surface area is 203 Å². The number of likely N-dealkylation sites (N-methyl/N-ethyl adjacent to an activating group) is 1. The molecule has 1 unspecified atom stereocenters. The van der Waals surface area contributed by atoms with E-state index in [1.807, 2.05) is 0 Å². The van der Waals surface area contributed by atoms with Gasteiger partial charge in [0.1, 0.15) is 17.5 Å². The highest BCUT2D eigenvalue weighted by Crippen LogP contribution is 2.37. The molecule has 2 aromatic carbocycles. The van der Waals surface area contributed by atoms with Crippen LogP contribution in [0.5, 0.6) is 0 Å². The van der Waals surface area contributed by atoms with Crippen molar-refractivity contribution in [2.24, 2.45) is 0 Å². The zero-order valence-corrected chi connectivity index (χ0v) is 18.8. The second-order valence-electron chi connectivity index (χ2n) is 8.26. The number of halogens is 9. The maximum atomic E-state index is 14.5. The van der Waals surface area contributed by atoms with Gasteiger partial charge in [-0.25, -0.2) is 18.0 Å². The number of benzene rings is 2. The number of amides is 2. The van der Waals surface area contributed by atoms with Crippen molar-refractivity contribution in [1.82, 2.24) is 9.80 Å². The van der Waals surface area contributed by atoms with Gasteiger partial charge in [-0.05, 0) is 23.8 Å². The molecule has 0 aromatic heterocycles. The minimum absolute atomic E-state index is 0.0843. The summed E-state index contributed by atoms with van der Waals surface area (Å²) in [5.74, 6) is -5.10. The number of carbonyl (C=O) groups excluding carboxylic acids is 1. The number of hydrogen-bond donors (Lipinski definition) is 1.